The lowest BCUT2D eigenvalue weighted by Crippen LogP contribution is -2.34. The van der Waals surface area contributed by atoms with Crippen molar-refractivity contribution in [3.05, 3.63) is 63.9 Å². The predicted molar refractivity (Wildman–Crippen MR) is 113 cm³/mol. The van der Waals surface area contributed by atoms with Crippen molar-refractivity contribution < 1.29 is 40.3 Å². The maximum Gasteiger partial charge on any atom is 0.419 e. The van der Waals surface area contributed by atoms with E-state index in [9.17, 15) is 40.3 Å². The fourth-order valence-electron chi connectivity index (χ4n) is 2.88. The predicted octanol–water partition coefficient (Wildman–Crippen LogP) is 6.71. The Kier molecular flexibility index (Phi) is 8.37. The lowest BCUT2D eigenvalue weighted by molar-refractivity contribution is -0.140. The van der Waals surface area contributed by atoms with Crippen LogP contribution >= 0.6 is 34.8 Å². The van der Waals surface area contributed by atoms with Gasteiger partial charge in [0.15, 0.2) is 0 Å². The molecular formula is C20H14Cl3F7N2O2. The van der Waals surface area contributed by atoms with Gasteiger partial charge in [-0.3, -0.25) is 9.59 Å². The fourth-order valence-corrected chi connectivity index (χ4v) is 3.54. The van der Waals surface area contributed by atoms with Crippen molar-refractivity contribution in [2.75, 3.05) is 11.9 Å². The highest BCUT2D eigenvalue weighted by molar-refractivity contribution is 6.50. The highest BCUT2D eigenvalue weighted by Gasteiger charge is 2.40. The number of alkyl halides is 8. The van der Waals surface area contributed by atoms with Crippen molar-refractivity contribution in [2.24, 2.45) is 0 Å². The van der Waals surface area contributed by atoms with Gasteiger partial charge < -0.3 is 10.6 Å². The van der Waals surface area contributed by atoms with E-state index < -0.39 is 57.9 Å². The summed E-state index contributed by atoms with van der Waals surface area (Å²) in [5.74, 6) is -5.43. The third kappa shape index (κ3) is 7.38. The third-order valence-corrected chi connectivity index (χ3v) is 5.09. The van der Waals surface area contributed by atoms with E-state index in [-0.39, 0.29) is 16.3 Å². The molecule has 0 fully saturated rings. The molecule has 0 bridgehead atoms. The van der Waals surface area contributed by atoms with Gasteiger partial charge in [-0.25, -0.2) is 4.39 Å². The van der Waals surface area contributed by atoms with Crippen molar-refractivity contribution in [3.63, 3.8) is 0 Å². The lowest BCUT2D eigenvalue weighted by Gasteiger charge is -2.26. The first kappa shape index (κ1) is 28.0. The molecular weight excluding hydrogens is 540 g/mol. The van der Waals surface area contributed by atoms with Crippen LogP contribution in [-0.4, -0.2) is 28.9 Å². The van der Waals surface area contributed by atoms with E-state index in [0.717, 1.165) is 25.1 Å². The van der Waals surface area contributed by atoms with Gasteiger partial charge in [-0.05, 0) is 42.8 Å². The van der Waals surface area contributed by atoms with Gasteiger partial charge in [0.05, 0.1) is 22.1 Å². The molecule has 0 aliphatic rings. The second kappa shape index (κ2) is 10.2. The molecule has 0 radical (unpaired) electrons. The van der Waals surface area contributed by atoms with E-state index in [4.69, 9.17) is 34.8 Å². The molecule has 0 spiro atoms. The summed E-state index contributed by atoms with van der Waals surface area (Å²) in [5, 5.41) is 3.69. The Balaban J connectivity index is 2.34. The van der Waals surface area contributed by atoms with E-state index in [1.165, 1.54) is 6.07 Å². The van der Waals surface area contributed by atoms with Crippen molar-refractivity contribution in [2.45, 2.75) is 29.5 Å². The molecule has 2 aromatic rings. The Labute approximate surface area is 203 Å². The SMILES string of the molecule is CC(Cl)(Cl)C(C(=O)Nc1ccc(Cl)c(C(=O)NCC(F)(F)F)c1)c1ccc(C(F)(F)F)c(F)c1. The number of anilines is 1. The van der Waals surface area contributed by atoms with E-state index in [1.807, 2.05) is 0 Å². The Morgan fingerprint density at radius 1 is 1.00 bits per heavy atom. The minimum absolute atomic E-state index is 0.124. The second-order valence-electron chi connectivity index (χ2n) is 7.11. The first-order valence-electron chi connectivity index (χ1n) is 9.10. The van der Waals surface area contributed by atoms with Crippen LogP contribution in [0.2, 0.25) is 5.02 Å². The molecule has 1 unspecified atom stereocenters. The van der Waals surface area contributed by atoms with Gasteiger partial charge in [-0.1, -0.05) is 17.7 Å². The molecule has 2 rings (SSSR count). The molecule has 4 nitrogen and oxygen atoms in total. The van der Waals surface area contributed by atoms with E-state index in [0.29, 0.717) is 12.1 Å². The minimum Gasteiger partial charge on any atom is -0.343 e. The highest BCUT2D eigenvalue weighted by atomic mass is 35.5. The molecule has 2 amide bonds. The highest BCUT2D eigenvalue weighted by Crippen LogP contribution is 2.40. The van der Waals surface area contributed by atoms with E-state index in [2.05, 4.69) is 5.32 Å². The zero-order valence-corrected chi connectivity index (χ0v) is 19.1. The number of hydrogen-bond donors (Lipinski definition) is 2. The van der Waals surface area contributed by atoms with Crippen LogP contribution in [0.1, 0.15) is 34.3 Å². The van der Waals surface area contributed by atoms with Crippen LogP contribution in [0.3, 0.4) is 0 Å². The van der Waals surface area contributed by atoms with Crippen LogP contribution in [0.5, 0.6) is 0 Å². The standard InChI is InChI=1S/C20H14Cl3F7N2O2/c1-18(22,23)15(9-2-4-12(14(24)6-9)20(28,29)30)17(34)32-10-3-5-13(21)11(7-10)16(33)31-8-19(25,26)27/h2-7,15H,8H2,1H3,(H,31,33)(H,32,34). The van der Waals surface area contributed by atoms with Crippen LogP contribution in [0.4, 0.5) is 36.4 Å². The monoisotopic (exact) mass is 552 g/mol. The zero-order chi connectivity index (χ0) is 26.1. The number of amides is 2. The van der Waals surface area contributed by atoms with Crippen molar-refractivity contribution in [3.8, 4) is 0 Å². The first-order valence-corrected chi connectivity index (χ1v) is 10.2. The summed E-state index contributed by atoms with van der Waals surface area (Å²) in [6.45, 7) is -0.481. The van der Waals surface area contributed by atoms with Crippen molar-refractivity contribution in [1.29, 1.82) is 0 Å². The third-order valence-electron chi connectivity index (χ3n) is 4.33. The zero-order valence-electron chi connectivity index (χ0n) is 16.8. The van der Waals surface area contributed by atoms with Gasteiger partial charge in [0.2, 0.25) is 5.91 Å². The molecule has 0 aliphatic heterocycles. The molecule has 14 heteroatoms. The van der Waals surface area contributed by atoms with Crippen molar-refractivity contribution in [1.82, 2.24) is 5.32 Å². The number of halogens is 10. The Bertz CT molecular complexity index is 1080. The maximum atomic E-state index is 14.1. The molecule has 2 aromatic carbocycles. The fraction of sp³-hybridized carbons (Fsp3) is 0.300. The lowest BCUT2D eigenvalue weighted by atomic mass is 9.93. The quantitative estimate of drug-likeness (QED) is 0.309. The Hall–Kier alpha value is -2.24. The summed E-state index contributed by atoms with van der Waals surface area (Å²) < 4.78 is 87.7. The summed E-state index contributed by atoms with van der Waals surface area (Å²) in [7, 11) is 0. The van der Waals surface area contributed by atoms with Crippen LogP contribution in [0, 0.1) is 5.82 Å². The molecule has 0 aromatic heterocycles. The molecule has 1 atom stereocenters. The summed E-state index contributed by atoms with van der Waals surface area (Å²) in [4.78, 5) is 24.9. The molecule has 0 aliphatic carbocycles. The largest absolute Gasteiger partial charge is 0.419 e. The normalized spacial score (nSPS) is 13.4. The smallest absolute Gasteiger partial charge is 0.343 e. The minimum atomic E-state index is -4.97. The van der Waals surface area contributed by atoms with Crippen LogP contribution in [-0.2, 0) is 11.0 Å². The average Bonchev–Trinajstić information content (AvgIpc) is 2.65. The van der Waals surface area contributed by atoms with Crippen LogP contribution in [0.25, 0.3) is 0 Å². The van der Waals surface area contributed by atoms with Crippen LogP contribution < -0.4 is 10.6 Å². The number of carbonyl (C=O) groups is 2. The van der Waals surface area contributed by atoms with Gasteiger partial charge in [0.1, 0.15) is 16.7 Å². The van der Waals surface area contributed by atoms with Gasteiger partial charge >= 0.3 is 12.4 Å². The molecule has 0 heterocycles. The number of nitrogens with one attached hydrogen (secondary N) is 2. The van der Waals surface area contributed by atoms with E-state index in [1.54, 1.807) is 5.32 Å². The summed E-state index contributed by atoms with van der Waals surface area (Å²) in [6.07, 6.45) is -9.65. The first-order chi connectivity index (χ1) is 15.4. The second-order valence-corrected chi connectivity index (χ2v) is 9.28. The van der Waals surface area contributed by atoms with Gasteiger partial charge in [-0.15, -0.1) is 23.2 Å². The number of rotatable bonds is 6. The maximum absolute atomic E-state index is 14.1. The Morgan fingerprint density at radius 3 is 2.12 bits per heavy atom. The van der Waals surface area contributed by atoms with Gasteiger partial charge in [0.25, 0.3) is 5.91 Å². The number of carbonyl (C=O) groups excluding carboxylic acids is 2. The topological polar surface area (TPSA) is 58.2 Å². The van der Waals surface area contributed by atoms with Crippen molar-refractivity contribution >= 4 is 52.3 Å². The molecule has 0 saturated heterocycles. The number of benzene rings is 2. The number of hydrogen-bond acceptors (Lipinski definition) is 2. The average molecular weight is 554 g/mol. The Morgan fingerprint density at radius 2 is 1.62 bits per heavy atom. The summed E-state index contributed by atoms with van der Waals surface area (Å²) in [6, 6.07) is 5.01. The van der Waals surface area contributed by atoms with Crippen LogP contribution in [0.15, 0.2) is 36.4 Å². The molecule has 34 heavy (non-hydrogen) atoms. The van der Waals surface area contributed by atoms with E-state index >= 15 is 0 Å². The molecule has 186 valence electrons. The molecule has 2 N–H and O–H groups in total. The molecule has 0 saturated carbocycles. The van der Waals surface area contributed by atoms with Gasteiger partial charge in [0, 0.05) is 5.69 Å². The van der Waals surface area contributed by atoms with Gasteiger partial charge in [-0.2, -0.15) is 26.3 Å². The summed E-state index contributed by atoms with van der Waals surface area (Å²) >= 11 is 17.9. The summed E-state index contributed by atoms with van der Waals surface area (Å²) in [5.41, 5.74) is -2.37.